The topological polar surface area (TPSA) is 20.3 Å². The van der Waals surface area contributed by atoms with Crippen LogP contribution in [0.25, 0.3) is 0 Å². The second kappa shape index (κ2) is 6.80. The van der Waals surface area contributed by atoms with Crippen LogP contribution in [-0.2, 0) is 11.2 Å². The first-order valence-electron chi connectivity index (χ1n) is 5.91. The molecule has 0 heterocycles. The van der Waals surface area contributed by atoms with Gasteiger partial charge in [-0.3, -0.25) is 4.79 Å². The van der Waals surface area contributed by atoms with Crippen molar-refractivity contribution in [1.29, 1.82) is 0 Å². The van der Waals surface area contributed by atoms with Crippen molar-refractivity contribution in [1.82, 2.24) is 4.90 Å². The van der Waals surface area contributed by atoms with Gasteiger partial charge in [0.25, 0.3) is 0 Å². The van der Waals surface area contributed by atoms with E-state index in [0.29, 0.717) is 17.0 Å². The highest BCUT2D eigenvalue weighted by atomic mass is 35.5. The van der Waals surface area contributed by atoms with E-state index in [1.165, 1.54) is 0 Å². The van der Waals surface area contributed by atoms with Crippen molar-refractivity contribution in [2.45, 2.75) is 25.9 Å². The Balaban J connectivity index is 2.68. The zero-order chi connectivity index (χ0) is 14.5. The lowest BCUT2D eigenvalue weighted by molar-refractivity contribution is -0.160. The minimum Gasteiger partial charge on any atom is -0.333 e. The van der Waals surface area contributed by atoms with E-state index in [1.807, 2.05) is 0 Å². The number of carbonyl (C=O) groups excluding carboxylic acids is 1. The van der Waals surface area contributed by atoms with Gasteiger partial charge in [0.05, 0.1) is 6.42 Å². The smallest absolute Gasteiger partial charge is 0.333 e. The maximum Gasteiger partial charge on any atom is 0.406 e. The Morgan fingerprint density at radius 2 is 1.84 bits per heavy atom. The van der Waals surface area contributed by atoms with E-state index in [-0.39, 0.29) is 13.0 Å². The lowest BCUT2D eigenvalue weighted by Crippen LogP contribution is -2.40. The summed E-state index contributed by atoms with van der Waals surface area (Å²) in [6.45, 7) is 0.637. The van der Waals surface area contributed by atoms with Crippen LogP contribution < -0.4 is 0 Å². The number of nitrogens with zero attached hydrogens (tertiary/aromatic N) is 1. The largest absolute Gasteiger partial charge is 0.406 e. The third kappa shape index (κ3) is 5.96. The fourth-order valence-corrected chi connectivity index (χ4v) is 1.79. The van der Waals surface area contributed by atoms with Crippen LogP contribution in [0.15, 0.2) is 24.3 Å². The molecule has 6 heteroatoms. The van der Waals surface area contributed by atoms with Gasteiger partial charge in [-0.25, -0.2) is 0 Å². The lowest BCUT2D eigenvalue weighted by atomic mass is 10.1. The highest BCUT2D eigenvalue weighted by Gasteiger charge is 2.32. The minimum absolute atomic E-state index is 0.0484. The predicted octanol–water partition coefficient (Wildman–Crippen LogP) is 3.68. The Labute approximate surface area is 115 Å². The SMILES string of the molecule is CCCN(CC(F)(F)F)C(=O)Cc1ccc(Cl)cc1. The molecule has 0 spiro atoms. The van der Waals surface area contributed by atoms with Gasteiger partial charge in [-0.05, 0) is 24.1 Å². The van der Waals surface area contributed by atoms with Crippen molar-refractivity contribution < 1.29 is 18.0 Å². The van der Waals surface area contributed by atoms with E-state index < -0.39 is 18.6 Å². The number of alkyl halides is 3. The Morgan fingerprint density at radius 3 is 2.32 bits per heavy atom. The fraction of sp³-hybridized carbons (Fsp3) is 0.462. The second-order valence-corrected chi connectivity index (χ2v) is 4.67. The number of hydrogen-bond acceptors (Lipinski definition) is 1. The van der Waals surface area contributed by atoms with Gasteiger partial charge in [0.2, 0.25) is 5.91 Å². The molecular weight excluding hydrogens is 279 g/mol. The number of benzene rings is 1. The average molecular weight is 294 g/mol. The highest BCUT2D eigenvalue weighted by molar-refractivity contribution is 6.30. The van der Waals surface area contributed by atoms with Crippen LogP contribution in [0.2, 0.25) is 5.02 Å². The van der Waals surface area contributed by atoms with Crippen molar-refractivity contribution in [2.24, 2.45) is 0 Å². The van der Waals surface area contributed by atoms with Crippen molar-refractivity contribution in [3.8, 4) is 0 Å². The first kappa shape index (κ1) is 15.8. The van der Waals surface area contributed by atoms with Gasteiger partial charge in [0, 0.05) is 11.6 Å². The van der Waals surface area contributed by atoms with Gasteiger partial charge in [-0.2, -0.15) is 13.2 Å². The van der Waals surface area contributed by atoms with Crippen LogP contribution in [-0.4, -0.2) is 30.1 Å². The molecule has 0 bridgehead atoms. The zero-order valence-corrected chi connectivity index (χ0v) is 11.3. The van der Waals surface area contributed by atoms with Crippen LogP contribution >= 0.6 is 11.6 Å². The van der Waals surface area contributed by atoms with E-state index in [9.17, 15) is 18.0 Å². The van der Waals surface area contributed by atoms with Gasteiger partial charge in [-0.1, -0.05) is 30.7 Å². The highest BCUT2D eigenvalue weighted by Crippen LogP contribution is 2.18. The molecule has 0 saturated heterocycles. The summed E-state index contributed by atoms with van der Waals surface area (Å²) in [5, 5.41) is 0.525. The fourth-order valence-electron chi connectivity index (χ4n) is 1.67. The van der Waals surface area contributed by atoms with Gasteiger partial charge >= 0.3 is 6.18 Å². The van der Waals surface area contributed by atoms with E-state index in [2.05, 4.69) is 0 Å². The Morgan fingerprint density at radius 1 is 1.26 bits per heavy atom. The second-order valence-electron chi connectivity index (χ2n) is 4.23. The molecule has 0 N–H and O–H groups in total. The summed E-state index contributed by atoms with van der Waals surface area (Å²) in [6.07, 6.45) is -3.93. The maximum atomic E-state index is 12.4. The normalized spacial score (nSPS) is 11.4. The van der Waals surface area contributed by atoms with Crippen LogP contribution in [0, 0.1) is 0 Å². The molecule has 1 amide bonds. The number of rotatable bonds is 5. The first-order chi connectivity index (χ1) is 8.81. The summed E-state index contributed by atoms with van der Waals surface area (Å²) < 4.78 is 37.1. The molecule has 1 aromatic rings. The standard InChI is InChI=1S/C13H15ClF3NO/c1-2-7-18(9-13(15,16)17)12(19)8-10-3-5-11(14)6-4-10/h3-6H,2,7-9H2,1H3. The molecule has 1 aromatic carbocycles. The molecule has 0 fully saturated rings. The van der Waals surface area contributed by atoms with Crippen molar-refractivity contribution in [3.63, 3.8) is 0 Å². The van der Waals surface area contributed by atoms with Crippen molar-refractivity contribution >= 4 is 17.5 Å². The Hall–Kier alpha value is -1.23. The summed E-state index contributed by atoms with van der Waals surface area (Å²) in [5.74, 6) is -0.526. The molecule has 0 aliphatic rings. The summed E-state index contributed by atoms with van der Waals surface area (Å²) in [7, 11) is 0. The van der Waals surface area contributed by atoms with E-state index >= 15 is 0 Å². The molecule has 0 unspecified atom stereocenters. The Kier molecular flexibility index (Phi) is 5.66. The minimum atomic E-state index is -4.37. The summed E-state index contributed by atoms with van der Waals surface area (Å²) in [6, 6.07) is 6.49. The molecule has 0 atom stereocenters. The summed E-state index contributed by atoms with van der Waals surface area (Å²) in [5.41, 5.74) is 0.651. The van der Waals surface area contributed by atoms with Crippen LogP contribution in [0.1, 0.15) is 18.9 Å². The molecular formula is C13H15ClF3NO. The molecule has 0 aromatic heterocycles. The number of carbonyl (C=O) groups is 1. The van der Waals surface area contributed by atoms with Crippen LogP contribution in [0.3, 0.4) is 0 Å². The summed E-state index contributed by atoms with van der Waals surface area (Å²) >= 11 is 5.70. The van der Waals surface area contributed by atoms with Crippen LogP contribution in [0.4, 0.5) is 13.2 Å². The average Bonchev–Trinajstić information content (AvgIpc) is 2.30. The summed E-state index contributed by atoms with van der Waals surface area (Å²) in [4.78, 5) is 12.7. The maximum absolute atomic E-state index is 12.4. The zero-order valence-electron chi connectivity index (χ0n) is 10.5. The van der Waals surface area contributed by atoms with Gasteiger partial charge in [0.15, 0.2) is 0 Å². The molecule has 106 valence electrons. The van der Waals surface area contributed by atoms with E-state index in [4.69, 9.17) is 11.6 Å². The van der Waals surface area contributed by atoms with Crippen LogP contribution in [0.5, 0.6) is 0 Å². The van der Waals surface area contributed by atoms with E-state index in [0.717, 1.165) is 4.90 Å². The number of amides is 1. The molecule has 1 rings (SSSR count). The molecule has 19 heavy (non-hydrogen) atoms. The quantitative estimate of drug-likeness (QED) is 0.811. The van der Waals surface area contributed by atoms with Gasteiger partial charge < -0.3 is 4.90 Å². The molecule has 0 saturated carbocycles. The monoisotopic (exact) mass is 293 g/mol. The lowest BCUT2D eigenvalue weighted by Gasteiger charge is -2.23. The molecule has 0 radical (unpaired) electrons. The predicted molar refractivity (Wildman–Crippen MR) is 68.1 cm³/mol. The van der Waals surface area contributed by atoms with Gasteiger partial charge in [0.1, 0.15) is 6.54 Å². The van der Waals surface area contributed by atoms with Gasteiger partial charge in [-0.15, -0.1) is 0 Å². The number of halogens is 4. The van der Waals surface area contributed by atoms with Crippen molar-refractivity contribution in [3.05, 3.63) is 34.9 Å². The third-order valence-electron chi connectivity index (χ3n) is 2.48. The molecule has 0 aliphatic carbocycles. The Bertz CT molecular complexity index is 417. The first-order valence-corrected chi connectivity index (χ1v) is 6.28. The number of hydrogen-bond donors (Lipinski definition) is 0. The van der Waals surface area contributed by atoms with E-state index in [1.54, 1.807) is 31.2 Å². The third-order valence-corrected chi connectivity index (χ3v) is 2.74. The molecule has 0 aliphatic heterocycles. The molecule has 2 nitrogen and oxygen atoms in total. The van der Waals surface area contributed by atoms with Crippen molar-refractivity contribution in [2.75, 3.05) is 13.1 Å².